The highest BCUT2D eigenvalue weighted by atomic mass is 32.2. The van der Waals surface area contributed by atoms with Crippen molar-refractivity contribution in [1.29, 1.82) is 10.5 Å². The van der Waals surface area contributed by atoms with Crippen molar-refractivity contribution in [2.75, 3.05) is 13.2 Å². The fraction of sp³-hybridized carbons (Fsp3) is 0.455. The van der Waals surface area contributed by atoms with Crippen molar-refractivity contribution >= 4 is 59.3 Å². The van der Waals surface area contributed by atoms with E-state index in [0.29, 0.717) is 63.5 Å². The van der Waals surface area contributed by atoms with E-state index in [0.717, 1.165) is 60.8 Å². The molecule has 1 atom stereocenters. The molecule has 2 aliphatic carbocycles. The van der Waals surface area contributed by atoms with Gasteiger partial charge in [0.1, 0.15) is 47.7 Å². The normalized spacial score (nSPS) is 19.8. The SMILES string of the molecule is C=CC(=O)OC(C)COC(=O)CCC(=O)OCCc1ccc(OC(=O)[C@H]2CC[C@H](C(=O)Oc3ccc(OC(=O)[C@H]4CC[C@H](C)CC4)c4c3SC(=C(C#N)C#N)S4)CC2)cc1. The summed E-state index contributed by atoms with van der Waals surface area (Å²) in [6, 6.07) is 13.8. The van der Waals surface area contributed by atoms with Crippen molar-refractivity contribution in [2.24, 2.45) is 23.7 Å². The van der Waals surface area contributed by atoms with Gasteiger partial charge in [-0.1, -0.05) is 49.2 Å². The highest BCUT2D eigenvalue weighted by Crippen LogP contribution is 2.59. The number of rotatable bonds is 16. The minimum Gasteiger partial charge on any atom is -0.465 e. The molecule has 0 spiro atoms. The lowest BCUT2D eigenvalue weighted by Gasteiger charge is -2.26. The van der Waals surface area contributed by atoms with Crippen molar-refractivity contribution < 1.29 is 57.2 Å². The van der Waals surface area contributed by atoms with Crippen LogP contribution in [0.15, 0.2) is 68.7 Å². The highest BCUT2D eigenvalue weighted by Gasteiger charge is 2.35. The maximum atomic E-state index is 13.4. The number of carbonyl (C=O) groups excluding carboxylic acids is 6. The summed E-state index contributed by atoms with van der Waals surface area (Å²) in [5, 5.41) is 19.1. The molecule has 5 rings (SSSR count). The number of hydrogen-bond acceptors (Lipinski definition) is 16. The molecule has 316 valence electrons. The van der Waals surface area contributed by atoms with E-state index in [1.165, 1.54) is 0 Å². The standard InChI is InChI=1S/C44H46N2O12S2/c1-4-36(47)55-27(3)25-54-38(49)20-19-37(48)53-22-21-28-7-15-33(16-8-28)56-41(50)30-11-13-31(14-12-30)43(52)58-35-18-17-34(57-42(51)29-9-5-26(2)6-10-29)39-40(35)60-44(59-39)32(23-45)24-46/h4,7-8,15-18,26-27,29-31H,1,5-6,9-14,19-22,25H2,2-3H3/t26-,27?,29-,30-,31-. The Morgan fingerprint density at radius 3 is 1.72 bits per heavy atom. The molecule has 0 N–H and O–H groups in total. The first-order valence-corrected chi connectivity index (χ1v) is 21.5. The Morgan fingerprint density at radius 1 is 0.733 bits per heavy atom. The molecule has 3 aliphatic rings. The molecule has 2 fully saturated rings. The summed E-state index contributed by atoms with van der Waals surface area (Å²) in [5.41, 5.74) is 0.741. The van der Waals surface area contributed by atoms with Crippen LogP contribution in [0.25, 0.3) is 0 Å². The van der Waals surface area contributed by atoms with E-state index in [-0.39, 0.29) is 49.3 Å². The quantitative estimate of drug-likeness (QED) is 0.0521. The van der Waals surface area contributed by atoms with E-state index in [2.05, 4.69) is 13.5 Å². The predicted molar refractivity (Wildman–Crippen MR) is 217 cm³/mol. The molecule has 0 bridgehead atoms. The highest BCUT2D eigenvalue weighted by molar-refractivity contribution is 8.24. The fourth-order valence-electron chi connectivity index (χ4n) is 6.79. The van der Waals surface area contributed by atoms with Crippen LogP contribution in [0.4, 0.5) is 0 Å². The first kappa shape index (κ1) is 45.5. The molecule has 16 heteroatoms. The van der Waals surface area contributed by atoms with Gasteiger partial charge in [0.05, 0.1) is 51.2 Å². The lowest BCUT2D eigenvalue weighted by molar-refractivity contribution is -0.156. The number of benzene rings is 2. The van der Waals surface area contributed by atoms with Crippen LogP contribution in [-0.4, -0.2) is 55.1 Å². The van der Waals surface area contributed by atoms with Crippen molar-refractivity contribution in [1.82, 2.24) is 0 Å². The van der Waals surface area contributed by atoms with Gasteiger partial charge in [0.25, 0.3) is 0 Å². The van der Waals surface area contributed by atoms with Crippen LogP contribution in [0.3, 0.4) is 0 Å². The van der Waals surface area contributed by atoms with Gasteiger partial charge in [-0.05, 0) is 94.0 Å². The average molecular weight is 859 g/mol. The van der Waals surface area contributed by atoms with Crippen molar-refractivity contribution in [3.05, 3.63) is 64.4 Å². The van der Waals surface area contributed by atoms with Crippen molar-refractivity contribution in [2.45, 2.75) is 100 Å². The second-order valence-electron chi connectivity index (χ2n) is 14.8. The Balaban J connectivity index is 1.05. The van der Waals surface area contributed by atoms with Crippen LogP contribution < -0.4 is 14.2 Å². The first-order valence-electron chi connectivity index (χ1n) is 19.8. The van der Waals surface area contributed by atoms with E-state index in [1.54, 1.807) is 43.3 Å². The number of thioether (sulfide) groups is 2. The summed E-state index contributed by atoms with van der Waals surface area (Å²) in [6.45, 7) is 6.95. The minimum absolute atomic E-state index is 0.0789. The van der Waals surface area contributed by atoms with E-state index in [1.807, 2.05) is 12.1 Å². The summed E-state index contributed by atoms with van der Waals surface area (Å²) in [4.78, 5) is 75.7. The smallest absolute Gasteiger partial charge is 0.330 e. The Labute approximate surface area is 356 Å². The van der Waals surface area contributed by atoms with Gasteiger partial charge in [-0.25, -0.2) is 4.79 Å². The summed E-state index contributed by atoms with van der Waals surface area (Å²) in [5.74, 6) is -2.65. The van der Waals surface area contributed by atoms with Gasteiger partial charge in [0.15, 0.2) is 0 Å². The average Bonchev–Trinajstić information content (AvgIpc) is 3.70. The van der Waals surface area contributed by atoms with E-state index >= 15 is 0 Å². The van der Waals surface area contributed by atoms with Crippen LogP contribution in [0, 0.1) is 46.3 Å². The number of nitrogens with zero attached hydrogens (tertiary/aromatic N) is 2. The Kier molecular flexibility index (Phi) is 16.8. The molecule has 0 saturated heterocycles. The zero-order valence-corrected chi connectivity index (χ0v) is 35.1. The Bertz CT molecular complexity index is 2050. The first-order chi connectivity index (χ1) is 28.9. The lowest BCUT2D eigenvalue weighted by Crippen LogP contribution is -2.30. The zero-order chi connectivity index (χ0) is 43.2. The van der Waals surface area contributed by atoms with E-state index < -0.39 is 47.8 Å². The lowest BCUT2D eigenvalue weighted by atomic mass is 9.82. The molecule has 14 nitrogen and oxygen atoms in total. The van der Waals surface area contributed by atoms with E-state index in [4.69, 9.17) is 28.4 Å². The third kappa shape index (κ3) is 13.0. The molecule has 1 aliphatic heterocycles. The molecule has 1 unspecified atom stereocenters. The number of allylic oxidation sites excluding steroid dienone is 1. The van der Waals surface area contributed by atoms with Crippen LogP contribution in [-0.2, 0) is 49.4 Å². The second kappa shape index (κ2) is 22.1. The molecule has 2 aromatic rings. The zero-order valence-electron chi connectivity index (χ0n) is 33.4. The Hall–Kier alpha value is -5.58. The largest absolute Gasteiger partial charge is 0.465 e. The van der Waals surface area contributed by atoms with Gasteiger partial charge >= 0.3 is 35.8 Å². The molecule has 0 radical (unpaired) electrons. The van der Waals surface area contributed by atoms with Crippen molar-refractivity contribution in [3.8, 4) is 29.4 Å². The summed E-state index contributed by atoms with van der Waals surface area (Å²) < 4.78 is 32.9. The maximum Gasteiger partial charge on any atom is 0.330 e. The third-order valence-electron chi connectivity index (χ3n) is 10.3. The van der Waals surface area contributed by atoms with Crippen LogP contribution in [0.1, 0.15) is 83.6 Å². The van der Waals surface area contributed by atoms with Gasteiger partial charge in [0.2, 0.25) is 0 Å². The predicted octanol–water partition coefficient (Wildman–Crippen LogP) is 7.72. The minimum atomic E-state index is -0.652. The van der Waals surface area contributed by atoms with Gasteiger partial charge < -0.3 is 28.4 Å². The van der Waals surface area contributed by atoms with Crippen LogP contribution in [0.2, 0.25) is 0 Å². The maximum absolute atomic E-state index is 13.4. The molecule has 60 heavy (non-hydrogen) atoms. The van der Waals surface area contributed by atoms with Gasteiger partial charge in [-0.3, -0.25) is 24.0 Å². The van der Waals surface area contributed by atoms with E-state index in [9.17, 15) is 39.3 Å². The summed E-state index contributed by atoms with van der Waals surface area (Å²) in [6.07, 6.45) is 5.45. The Morgan fingerprint density at radius 2 is 1.22 bits per heavy atom. The summed E-state index contributed by atoms with van der Waals surface area (Å²) >= 11 is 2.26. The molecule has 0 aromatic heterocycles. The molecular formula is C44H46N2O12S2. The molecule has 1 heterocycles. The molecule has 0 amide bonds. The topological polar surface area (TPSA) is 205 Å². The fourth-order valence-corrected chi connectivity index (χ4v) is 9.28. The number of nitriles is 2. The molecular weight excluding hydrogens is 813 g/mol. The monoisotopic (exact) mass is 858 g/mol. The third-order valence-corrected chi connectivity index (χ3v) is 12.9. The van der Waals surface area contributed by atoms with Crippen molar-refractivity contribution in [3.63, 3.8) is 0 Å². The number of carbonyl (C=O) groups is 6. The van der Waals surface area contributed by atoms with Gasteiger partial charge in [0, 0.05) is 12.5 Å². The molecule has 2 aromatic carbocycles. The van der Waals surface area contributed by atoms with Crippen LogP contribution in [0.5, 0.6) is 17.2 Å². The number of ether oxygens (including phenoxy) is 6. The number of esters is 6. The summed E-state index contributed by atoms with van der Waals surface area (Å²) in [7, 11) is 0. The second-order valence-corrected chi connectivity index (χ2v) is 17.1. The van der Waals surface area contributed by atoms with Gasteiger partial charge in [-0.2, -0.15) is 10.5 Å². The number of fused-ring (bicyclic) bond motifs is 1. The molecule has 2 saturated carbocycles. The van der Waals surface area contributed by atoms with Crippen LogP contribution >= 0.6 is 23.5 Å². The number of hydrogen-bond donors (Lipinski definition) is 0. The van der Waals surface area contributed by atoms with Gasteiger partial charge in [-0.15, -0.1) is 0 Å².